The smallest absolute Gasteiger partial charge is 0.146 e. The molecule has 22 heavy (non-hydrogen) atoms. The third-order valence-corrected chi connectivity index (χ3v) is 4.45. The minimum Gasteiger partial charge on any atom is -0.494 e. The molecule has 4 heteroatoms. The van der Waals surface area contributed by atoms with Crippen LogP contribution < -0.4 is 9.47 Å². The predicted molar refractivity (Wildman–Crippen MR) is 86.7 cm³/mol. The second-order valence-corrected chi connectivity index (χ2v) is 5.70. The van der Waals surface area contributed by atoms with Crippen LogP contribution in [0, 0.1) is 0 Å². The van der Waals surface area contributed by atoms with Crippen LogP contribution in [0.5, 0.6) is 11.5 Å². The fourth-order valence-corrected chi connectivity index (χ4v) is 3.40. The van der Waals surface area contributed by atoms with Crippen LogP contribution in [0.2, 0.25) is 0 Å². The average Bonchev–Trinajstić information content (AvgIpc) is 2.94. The molecule has 0 saturated carbocycles. The molecule has 0 radical (unpaired) electrons. The van der Waals surface area contributed by atoms with Crippen molar-refractivity contribution in [2.45, 2.75) is 19.4 Å². The van der Waals surface area contributed by atoms with Crippen LogP contribution >= 0.6 is 0 Å². The number of fused-ring (bicyclic) bond motifs is 5. The summed E-state index contributed by atoms with van der Waals surface area (Å²) >= 11 is 0. The summed E-state index contributed by atoms with van der Waals surface area (Å²) in [6, 6.07) is 12.3. The number of hydrogen-bond acceptors (Lipinski definition) is 3. The van der Waals surface area contributed by atoms with Gasteiger partial charge in [-0.25, -0.2) is 4.98 Å². The Kier molecular flexibility index (Phi) is 2.86. The number of nitrogens with zero attached hydrogens (tertiary/aromatic N) is 2. The Morgan fingerprint density at radius 3 is 2.55 bits per heavy atom. The number of rotatable bonds is 2. The van der Waals surface area contributed by atoms with Crippen LogP contribution in [0.4, 0.5) is 0 Å². The molecule has 4 rings (SSSR count). The van der Waals surface area contributed by atoms with Gasteiger partial charge in [0.05, 0.1) is 14.2 Å². The zero-order valence-electron chi connectivity index (χ0n) is 13.0. The van der Waals surface area contributed by atoms with Gasteiger partial charge in [0.1, 0.15) is 28.4 Å². The summed E-state index contributed by atoms with van der Waals surface area (Å²) in [5.41, 5.74) is 4.42. The number of methoxy groups -OCH3 is 2. The lowest BCUT2D eigenvalue weighted by Crippen LogP contribution is -2.15. The maximum atomic E-state index is 5.56. The van der Waals surface area contributed by atoms with E-state index in [1.807, 2.05) is 12.1 Å². The van der Waals surface area contributed by atoms with Crippen LogP contribution in [0.25, 0.3) is 22.4 Å². The number of aromatic nitrogens is 2. The van der Waals surface area contributed by atoms with Gasteiger partial charge in [0.2, 0.25) is 0 Å². The van der Waals surface area contributed by atoms with E-state index >= 15 is 0 Å². The Balaban J connectivity index is 2.11. The van der Waals surface area contributed by atoms with Gasteiger partial charge in [-0.05, 0) is 23.6 Å². The van der Waals surface area contributed by atoms with E-state index in [1.54, 1.807) is 14.2 Å². The summed E-state index contributed by atoms with van der Waals surface area (Å²) < 4.78 is 13.3. The summed E-state index contributed by atoms with van der Waals surface area (Å²) in [5, 5.41) is 0. The van der Waals surface area contributed by atoms with Crippen LogP contribution in [-0.4, -0.2) is 23.8 Å². The van der Waals surface area contributed by atoms with Gasteiger partial charge in [0, 0.05) is 12.1 Å². The van der Waals surface area contributed by atoms with Crippen molar-refractivity contribution in [3.63, 3.8) is 0 Å². The van der Waals surface area contributed by atoms with Crippen molar-refractivity contribution in [2.24, 2.45) is 0 Å². The molecular weight excluding hydrogens is 276 g/mol. The highest BCUT2D eigenvalue weighted by atomic mass is 16.5. The van der Waals surface area contributed by atoms with E-state index in [-0.39, 0.29) is 0 Å². The molecule has 0 saturated heterocycles. The fraction of sp³-hybridized carbons (Fsp3) is 0.278. The molecular formula is C18H18N2O2. The highest BCUT2D eigenvalue weighted by Crippen LogP contribution is 2.42. The summed E-state index contributed by atoms with van der Waals surface area (Å²) in [5.74, 6) is 3.05. The van der Waals surface area contributed by atoms with Crippen LogP contribution in [0.1, 0.15) is 18.4 Å². The first-order valence-electron chi connectivity index (χ1n) is 7.45. The van der Waals surface area contributed by atoms with Gasteiger partial charge in [0.15, 0.2) is 0 Å². The van der Waals surface area contributed by atoms with Crippen molar-refractivity contribution in [1.82, 2.24) is 9.55 Å². The van der Waals surface area contributed by atoms with Crippen LogP contribution in [0.3, 0.4) is 0 Å². The highest BCUT2D eigenvalue weighted by molar-refractivity contribution is 5.91. The van der Waals surface area contributed by atoms with Crippen molar-refractivity contribution in [1.29, 1.82) is 0 Å². The lowest BCUT2D eigenvalue weighted by Gasteiger charge is -2.24. The van der Waals surface area contributed by atoms with Gasteiger partial charge in [-0.15, -0.1) is 0 Å². The third kappa shape index (κ3) is 1.67. The van der Waals surface area contributed by atoms with Crippen molar-refractivity contribution in [2.75, 3.05) is 14.2 Å². The SMILES string of the molecule is COc1ccc(OC)c2c1nc1n2CC(C)c2ccccc2-1. The van der Waals surface area contributed by atoms with E-state index in [9.17, 15) is 0 Å². The zero-order valence-corrected chi connectivity index (χ0v) is 13.0. The van der Waals surface area contributed by atoms with E-state index in [0.717, 1.165) is 34.9 Å². The Morgan fingerprint density at radius 1 is 1.05 bits per heavy atom. The average molecular weight is 294 g/mol. The quantitative estimate of drug-likeness (QED) is 0.720. The molecule has 2 heterocycles. The fourth-order valence-electron chi connectivity index (χ4n) is 3.40. The number of imidazole rings is 1. The molecule has 0 bridgehead atoms. The molecule has 112 valence electrons. The molecule has 0 aliphatic carbocycles. The number of ether oxygens (including phenoxy) is 2. The molecule has 0 fully saturated rings. The number of hydrogen-bond donors (Lipinski definition) is 0. The molecule has 3 aromatic rings. The minimum absolute atomic E-state index is 0.442. The van der Waals surface area contributed by atoms with Gasteiger partial charge in [-0.1, -0.05) is 31.2 Å². The summed E-state index contributed by atoms with van der Waals surface area (Å²) in [7, 11) is 3.37. The third-order valence-electron chi connectivity index (χ3n) is 4.45. The van der Waals surface area contributed by atoms with Gasteiger partial charge >= 0.3 is 0 Å². The lowest BCUT2D eigenvalue weighted by molar-refractivity contribution is 0.408. The standard InChI is InChI=1S/C18H18N2O2/c1-11-10-20-17-15(22-3)9-8-14(21-2)16(17)19-18(20)13-7-5-4-6-12(11)13/h4-9,11H,10H2,1-3H3. The van der Waals surface area contributed by atoms with E-state index < -0.39 is 0 Å². The van der Waals surface area contributed by atoms with Gasteiger partial charge in [-0.3, -0.25) is 0 Å². The zero-order chi connectivity index (χ0) is 15.3. The molecule has 2 aromatic carbocycles. The van der Waals surface area contributed by atoms with Crippen molar-refractivity contribution < 1.29 is 9.47 Å². The van der Waals surface area contributed by atoms with Gasteiger partial charge in [-0.2, -0.15) is 0 Å². The Hall–Kier alpha value is -2.49. The number of benzene rings is 2. The molecule has 1 aromatic heterocycles. The van der Waals surface area contributed by atoms with E-state index in [1.165, 1.54) is 11.1 Å². The Labute approximate surface area is 129 Å². The van der Waals surface area contributed by atoms with Crippen molar-refractivity contribution >= 4 is 11.0 Å². The largest absolute Gasteiger partial charge is 0.494 e. The first-order chi connectivity index (χ1) is 10.7. The monoisotopic (exact) mass is 294 g/mol. The predicted octanol–water partition coefficient (Wildman–Crippen LogP) is 3.84. The molecule has 1 aliphatic rings. The topological polar surface area (TPSA) is 36.3 Å². The summed E-state index contributed by atoms with van der Waals surface area (Å²) in [6.07, 6.45) is 0. The van der Waals surface area contributed by atoms with Gasteiger partial charge in [0.25, 0.3) is 0 Å². The van der Waals surface area contributed by atoms with Crippen molar-refractivity contribution in [3.8, 4) is 22.9 Å². The van der Waals surface area contributed by atoms with Crippen LogP contribution in [-0.2, 0) is 6.54 Å². The molecule has 4 nitrogen and oxygen atoms in total. The highest BCUT2D eigenvalue weighted by Gasteiger charge is 2.27. The maximum Gasteiger partial charge on any atom is 0.146 e. The minimum atomic E-state index is 0.442. The van der Waals surface area contributed by atoms with E-state index in [0.29, 0.717) is 5.92 Å². The molecule has 0 N–H and O–H groups in total. The van der Waals surface area contributed by atoms with E-state index in [4.69, 9.17) is 14.5 Å². The van der Waals surface area contributed by atoms with Crippen molar-refractivity contribution in [3.05, 3.63) is 42.0 Å². The summed E-state index contributed by atoms with van der Waals surface area (Å²) in [4.78, 5) is 4.87. The molecule has 1 atom stereocenters. The molecule has 0 amide bonds. The van der Waals surface area contributed by atoms with Crippen LogP contribution in [0.15, 0.2) is 36.4 Å². The molecule has 1 unspecified atom stereocenters. The van der Waals surface area contributed by atoms with Gasteiger partial charge < -0.3 is 14.0 Å². The molecule has 0 spiro atoms. The molecule has 1 aliphatic heterocycles. The maximum absolute atomic E-state index is 5.56. The van der Waals surface area contributed by atoms with E-state index in [2.05, 4.69) is 35.8 Å². The Bertz CT molecular complexity index is 867. The second-order valence-electron chi connectivity index (χ2n) is 5.70. The first kappa shape index (κ1) is 13.2. The first-order valence-corrected chi connectivity index (χ1v) is 7.45. The summed E-state index contributed by atoms with van der Waals surface area (Å²) in [6.45, 7) is 3.15. The lowest BCUT2D eigenvalue weighted by atomic mass is 9.92. The second kappa shape index (κ2) is 4.77. The normalized spacial score (nSPS) is 16.2. The Morgan fingerprint density at radius 2 is 1.77 bits per heavy atom.